The van der Waals surface area contributed by atoms with Crippen molar-refractivity contribution < 1.29 is 32.5 Å². The number of rotatable bonds is 10. The standard InChI is InChI=1S/C28H36F3N3O4Si/c1-39(2,3)14-13-37-20-34-25-21(17-32-34)15-24(28(29,30)31)16-22(25)18-38-19-27(23-7-5-4-6-8-23)9-11-33(12-10-27)26(35)36/h4-8,15-17H,9-14,18-20H2,1-3H3,(H,35,36). The van der Waals surface area contributed by atoms with Crippen LogP contribution in [0.5, 0.6) is 0 Å². The molecule has 4 rings (SSSR count). The summed E-state index contributed by atoms with van der Waals surface area (Å²) in [7, 11) is -1.29. The Balaban J connectivity index is 1.56. The third-order valence-corrected chi connectivity index (χ3v) is 9.07. The second kappa shape index (κ2) is 11.7. The second-order valence-corrected chi connectivity index (χ2v) is 17.1. The molecule has 11 heteroatoms. The van der Waals surface area contributed by atoms with Gasteiger partial charge in [0.05, 0.1) is 30.5 Å². The van der Waals surface area contributed by atoms with Gasteiger partial charge in [-0.3, -0.25) is 0 Å². The summed E-state index contributed by atoms with van der Waals surface area (Å²) >= 11 is 0. The van der Waals surface area contributed by atoms with E-state index < -0.39 is 31.3 Å². The van der Waals surface area contributed by atoms with Gasteiger partial charge in [-0.1, -0.05) is 50.0 Å². The first-order valence-corrected chi connectivity index (χ1v) is 16.8. The quantitative estimate of drug-likeness (QED) is 0.222. The number of carboxylic acid groups (broad SMARTS) is 1. The van der Waals surface area contributed by atoms with Crippen LogP contribution < -0.4 is 0 Å². The summed E-state index contributed by atoms with van der Waals surface area (Å²) in [5.41, 5.74) is 0.793. The van der Waals surface area contributed by atoms with Crippen LogP contribution in [0.2, 0.25) is 25.7 Å². The Hall–Kier alpha value is -2.89. The molecule has 0 saturated carbocycles. The van der Waals surface area contributed by atoms with E-state index in [9.17, 15) is 23.1 Å². The average Bonchev–Trinajstić information content (AvgIpc) is 3.29. The maximum Gasteiger partial charge on any atom is 0.416 e. The maximum absolute atomic E-state index is 13.7. The van der Waals surface area contributed by atoms with Crippen molar-refractivity contribution in [2.45, 2.75) is 63.5 Å². The van der Waals surface area contributed by atoms with Crippen molar-refractivity contribution in [3.05, 3.63) is 65.4 Å². The molecule has 212 valence electrons. The zero-order valence-corrected chi connectivity index (χ0v) is 23.6. The molecule has 0 aliphatic carbocycles. The lowest BCUT2D eigenvalue weighted by molar-refractivity contribution is -0.137. The highest BCUT2D eigenvalue weighted by Gasteiger charge is 2.38. The lowest BCUT2D eigenvalue weighted by Gasteiger charge is -2.41. The molecule has 3 aromatic rings. The highest BCUT2D eigenvalue weighted by atomic mass is 28.3. The van der Waals surface area contributed by atoms with Gasteiger partial charge in [-0.15, -0.1) is 0 Å². The van der Waals surface area contributed by atoms with Gasteiger partial charge in [-0.05, 0) is 36.6 Å². The van der Waals surface area contributed by atoms with Crippen molar-refractivity contribution in [1.82, 2.24) is 14.7 Å². The molecular weight excluding hydrogens is 527 g/mol. The summed E-state index contributed by atoms with van der Waals surface area (Å²) in [4.78, 5) is 12.9. The van der Waals surface area contributed by atoms with E-state index in [-0.39, 0.29) is 19.9 Å². The van der Waals surface area contributed by atoms with Crippen LogP contribution in [0.25, 0.3) is 10.9 Å². The van der Waals surface area contributed by atoms with E-state index in [4.69, 9.17) is 9.47 Å². The number of hydrogen-bond donors (Lipinski definition) is 1. The fourth-order valence-corrected chi connectivity index (χ4v) is 5.77. The van der Waals surface area contributed by atoms with Crippen LogP contribution in [0, 0.1) is 0 Å². The number of piperidine rings is 1. The lowest BCUT2D eigenvalue weighted by Crippen LogP contribution is -2.47. The summed E-state index contributed by atoms with van der Waals surface area (Å²) < 4.78 is 54.8. The molecule has 2 heterocycles. The molecule has 1 fully saturated rings. The normalized spacial score (nSPS) is 16.1. The summed E-state index contributed by atoms with van der Waals surface area (Å²) in [5, 5.41) is 14.1. The molecule has 1 aromatic heterocycles. The van der Waals surface area contributed by atoms with Crippen molar-refractivity contribution in [1.29, 1.82) is 0 Å². The Morgan fingerprint density at radius 1 is 1.10 bits per heavy atom. The first kappa shape index (κ1) is 29.1. The number of carbonyl (C=O) groups is 1. The molecular formula is C28H36F3N3O4Si. The van der Waals surface area contributed by atoms with E-state index in [1.165, 1.54) is 11.1 Å². The minimum Gasteiger partial charge on any atom is -0.465 e. The third-order valence-electron chi connectivity index (χ3n) is 7.36. The molecule has 2 aromatic carbocycles. The molecule has 0 spiro atoms. The van der Waals surface area contributed by atoms with E-state index in [1.807, 2.05) is 30.3 Å². The van der Waals surface area contributed by atoms with Gasteiger partial charge in [0.2, 0.25) is 0 Å². The van der Waals surface area contributed by atoms with E-state index in [0.717, 1.165) is 23.7 Å². The number of fused-ring (bicyclic) bond motifs is 1. The van der Waals surface area contributed by atoms with Gasteiger partial charge in [0.25, 0.3) is 0 Å². The van der Waals surface area contributed by atoms with E-state index >= 15 is 0 Å². The molecule has 0 unspecified atom stereocenters. The number of aromatic nitrogens is 2. The van der Waals surface area contributed by atoms with E-state index in [1.54, 1.807) is 4.68 Å². The number of alkyl halides is 3. The molecule has 1 saturated heterocycles. The zero-order valence-electron chi connectivity index (χ0n) is 22.6. The monoisotopic (exact) mass is 563 g/mol. The molecule has 7 nitrogen and oxygen atoms in total. The fourth-order valence-electron chi connectivity index (χ4n) is 5.01. The summed E-state index contributed by atoms with van der Waals surface area (Å²) in [6.45, 7) is 8.40. The summed E-state index contributed by atoms with van der Waals surface area (Å²) in [6, 6.07) is 13.0. The molecule has 0 bridgehead atoms. The SMILES string of the molecule is C[Si](C)(C)CCOCn1ncc2cc(C(F)(F)F)cc(COCC3(c4ccccc4)CCN(C(=O)O)CC3)c21. The number of likely N-dealkylation sites (tertiary alicyclic amines) is 1. The molecule has 1 N–H and O–H groups in total. The Kier molecular flexibility index (Phi) is 8.72. The van der Waals surface area contributed by atoms with Crippen molar-refractivity contribution in [2.24, 2.45) is 0 Å². The molecule has 0 atom stereocenters. The Morgan fingerprint density at radius 3 is 2.41 bits per heavy atom. The Morgan fingerprint density at radius 2 is 1.79 bits per heavy atom. The van der Waals surface area contributed by atoms with E-state index in [0.29, 0.717) is 49.0 Å². The minimum atomic E-state index is -4.51. The fraction of sp³-hybridized carbons (Fsp3) is 0.500. The number of ether oxygens (including phenoxy) is 2. The first-order chi connectivity index (χ1) is 18.4. The third kappa shape index (κ3) is 7.20. The van der Waals surface area contributed by atoms with E-state index in [2.05, 4.69) is 24.7 Å². The highest BCUT2D eigenvalue weighted by Crippen LogP contribution is 2.37. The van der Waals surface area contributed by atoms with Gasteiger partial charge in [0, 0.05) is 44.1 Å². The maximum atomic E-state index is 13.7. The van der Waals surface area contributed by atoms with Crippen molar-refractivity contribution in [3.63, 3.8) is 0 Å². The van der Waals surface area contributed by atoms with Gasteiger partial charge in [0.1, 0.15) is 6.73 Å². The van der Waals surface area contributed by atoms with Gasteiger partial charge < -0.3 is 19.5 Å². The number of halogens is 3. The molecule has 1 amide bonds. The topological polar surface area (TPSA) is 76.8 Å². The number of hydrogen-bond acceptors (Lipinski definition) is 4. The van der Waals surface area contributed by atoms with Crippen LogP contribution >= 0.6 is 0 Å². The highest BCUT2D eigenvalue weighted by molar-refractivity contribution is 6.76. The predicted octanol–water partition coefficient (Wildman–Crippen LogP) is 6.60. The van der Waals surface area contributed by atoms with Crippen LogP contribution in [0.1, 0.15) is 29.5 Å². The summed E-state index contributed by atoms with van der Waals surface area (Å²) in [6.07, 6.45) is -2.91. The second-order valence-electron chi connectivity index (χ2n) is 11.5. The van der Waals surface area contributed by atoms with Crippen LogP contribution in [-0.2, 0) is 34.4 Å². The largest absolute Gasteiger partial charge is 0.465 e. The number of amides is 1. The number of benzene rings is 2. The first-order valence-electron chi connectivity index (χ1n) is 13.1. The Labute approximate surface area is 227 Å². The lowest BCUT2D eigenvalue weighted by atomic mass is 9.73. The van der Waals surface area contributed by atoms with Gasteiger partial charge in [0.15, 0.2) is 0 Å². The zero-order chi connectivity index (χ0) is 28.3. The van der Waals surface area contributed by atoms with Crippen LogP contribution in [0.15, 0.2) is 48.7 Å². The number of nitrogens with zero attached hydrogens (tertiary/aromatic N) is 3. The van der Waals surface area contributed by atoms with Gasteiger partial charge in [-0.25, -0.2) is 9.48 Å². The van der Waals surface area contributed by atoms with Gasteiger partial charge in [-0.2, -0.15) is 18.3 Å². The molecule has 1 aliphatic heterocycles. The molecule has 39 heavy (non-hydrogen) atoms. The van der Waals surface area contributed by atoms with Crippen molar-refractivity contribution >= 4 is 25.1 Å². The summed E-state index contributed by atoms with van der Waals surface area (Å²) in [5.74, 6) is 0. The molecule has 0 radical (unpaired) electrons. The van der Waals surface area contributed by atoms with Crippen LogP contribution in [0.4, 0.5) is 18.0 Å². The van der Waals surface area contributed by atoms with Crippen LogP contribution in [0.3, 0.4) is 0 Å². The Bertz CT molecular complexity index is 1270. The predicted molar refractivity (Wildman–Crippen MR) is 145 cm³/mol. The minimum absolute atomic E-state index is 0.0434. The average molecular weight is 564 g/mol. The molecule has 1 aliphatic rings. The van der Waals surface area contributed by atoms with Crippen molar-refractivity contribution in [2.75, 3.05) is 26.3 Å². The smallest absolute Gasteiger partial charge is 0.416 e. The van der Waals surface area contributed by atoms with Gasteiger partial charge >= 0.3 is 12.3 Å². The van der Waals surface area contributed by atoms with Crippen molar-refractivity contribution in [3.8, 4) is 0 Å². The van der Waals surface area contributed by atoms with Crippen LogP contribution in [-0.4, -0.2) is 60.3 Å².